The number of hydrogen-bond donors (Lipinski definition) is 1. The lowest BCUT2D eigenvalue weighted by Crippen LogP contribution is -1.97. The monoisotopic (exact) mass is 278 g/mol. The van der Waals surface area contributed by atoms with Gasteiger partial charge in [-0.2, -0.15) is 0 Å². The van der Waals surface area contributed by atoms with E-state index in [-0.39, 0.29) is 10.6 Å². The van der Waals surface area contributed by atoms with Crippen LogP contribution in [0.1, 0.15) is 11.3 Å². The molecule has 6 heteroatoms. The highest BCUT2D eigenvalue weighted by atomic mass is 32.2. The van der Waals surface area contributed by atoms with Crippen LogP contribution >= 0.6 is 11.8 Å². The number of furan rings is 1. The number of anilines is 1. The van der Waals surface area contributed by atoms with Gasteiger partial charge in [0.15, 0.2) is 0 Å². The first kappa shape index (κ1) is 13.5. The third kappa shape index (κ3) is 3.08. The smallest absolute Gasteiger partial charge is 0.292 e. The Kier molecular flexibility index (Phi) is 4.11. The van der Waals surface area contributed by atoms with Crippen LogP contribution in [0.3, 0.4) is 0 Å². The van der Waals surface area contributed by atoms with Crippen LogP contribution in [0.25, 0.3) is 0 Å². The Morgan fingerprint density at radius 3 is 2.79 bits per heavy atom. The quantitative estimate of drug-likeness (QED) is 0.511. The first-order valence-corrected chi connectivity index (χ1v) is 6.72. The van der Waals surface area contributed by atoms with E-state index in [2.05, 4.69) is 5.32 Å². The maximum Gasteiger partial charge on any atom is 0.292 e. The number of rotatable bonds is 5. The SMILES string of the molecule is CNc1cc(CSc2ccoc2C)ccc1[N+](=O)[O-]. The molecular formula is C13H14N2O3S. The Hall–Kier alpha value is -1.95. The molecule has 0 radical (unpaired) electrons. The van der Waals surface area contributed by atoms with Gasteiger partial charge < -0.3 is 9.73 Å². The van der Waals surface area contributed by atoms with Gasteiger partial charge in [0.25, 0.3) is 5.69 Å². The van der Waals surface area contributed by atoms with Crippen LogP contribution in [0.15, 0.2) is 39.8 Å². The molecule has 1 aromatic heterocycles. The number of hydrogen-bond acceptors (Lipinski definition) is 5. The molecule has 0 atom stereocenters. The van der Waals surface area contributed by atoms with Gasteiger partial charge in [0.2, 0.25) is 0 Å². The molecule has 0 spiro atoms. The molecule has 0 aliphatic carbocycles. The Morgan fingerprint density at radius 1 is 1.42 bits per heavy atom. The van der Waals surface area contributed by atoms with E-state index < -0.39 is 0 Å². The highest BCUT2D eigenvalue weighted by molar-refractivity contribution is 7.98. The van der Waals surface area contributed by atoms with Crippen LogP contribution in [-0.2, 0) is 5.75 Å². The van der Waals surface area contributed by atoms with Gasteiger partial charge in [-0.15, -0.1) is 11.8 Å². The van der Waals surface area contributed by atoms with Gasteiger partial charge in [-0.25, -0.2) is 0 Å². The molecule has 2 aromatic rings. The summed E-state index contributed by atoms with van der Waals surface area (Å²) >= 11 is 1.65. The second kappa shape index (κ2) is 5.79. The Morgan fingerprint density at radius 2 is 2.21 bits per heavy atom. The van der Waals surface area contributed by atoms with E-state index >= 15 is 0 Å². The standard InChI is InChI=1S/C13H14N2O3S/c1-9-13(5-6-18-9)19-8-10-3-4-12(15(16)17)11(7-10)14-2/h3-7,14H,8H2,1-2H3. The van der Waals surface area contributed by atoms with Crippen molar-refractivity contribution in [3.8, 4) is 0 Å². The van der Waals surface area contributed by atoms with Crippen LogP contribution in [0.4, 0.5) is 11.4 Å². The van der Waals surface area contributed by atoms with Gasteiger partial charge in [0.05, 0.1) is 11.2 Å². The number of nitro benzene ring substituents is 1. The molecule has 0 bridgehead atoms. The normalized spacial score (nSPS) is 10.4. The van der Waals surface area contributed by atoms with Crippen LogP contribution in [-0.4, -0.2) is 12.0 Å². The Balaban J connectivity index is 2.13. The molecule has 1 aromatic carbocycles. The molecule has 0 amide bonds. The maximum atomic E-state index is 10.8. The molecule has 0 fully saturated rings. The van der Waals surface area contributed by atoms with Crippen molar-refractivity contribution in [3.63, 3.8) is 0 Å². The summed E-state index contributed by atoms with van der Waals surface area (Å²) in [6, 6.07) is 7.04. The lowest BCUT2D eigenvalue weighted by Gasteiger charge is -2.05. The minimum Gasteiger partial charge on any atom is -0.468 e. The molecule has 1 heterocycles. The summed E-state index contributed by atoms with van der Waals surface area (Å²) in [5.41, 5.74) is 1.66. The zero-order valence-electron chi connectivity index (χ0n) is 10.7. The van der Waals surface area contributed by atoms with E-state index in [0.29, 0.717) is 5.69 Å². The van der Waals surface area contributed by atoms with Crippen LogP contribution in [0.5, 0.6) is 0 Å². The Bertz CT molecular complexity index is 595. The second-order valence-corrected chi connectivity index (χ2v) is 5.01. The molecule has 100 valence electrons. The van der Waals surface area contributed by atoms with Gasteiger partial charge in [-0.1, -0.05) is 6.07 Å². The van der Waals surface area contributed by atoms with Crippen molar-refractivity contribution in [2.75, 3.05) is 12.4 Å². The fourth-order valence-corrected chi connectivity index (χ4v) is 2.62. The van der Waals surface area contributed by atoms with Gasteiger partial charge >= 0.3 is 0 Å². The van der Waals surface area contributed by atoms with E-state index in [0.717, 1.165) is 22.0 Å². The van der Waals surface area contributed by atoms with E-state index in [1.165, 1.54) is 6.07 Å². The third-order valence-corrected chi connectivity index (χ3v) is 3.94. The predicted octanol–water partition coefficient (Wildman–Crippen LogP) is 3.83. The average Bonchev–Trinajstić information content (AvgIpc) is 2.81. The van der Waals surface area contributed by atoms with E-state index in [9.17, 15) is 10.1 Å². The number of thioether (sulfide) groups is 1. The molecule has 0 aliphatic rings. The maximum absolute atomic E-state index is 10.8. The van der Waals surface area contributed by atoms with Gasteiger partial charge in [0, 0.05) is 23.8 Å². The summed E-state index contributed by atoms with van der Waals surface area (Å²) in [6.07, 6.45) is 1.66. The molecule has 2 rings (SSSR count). The summed E-state index contributed by atoms with van der Waals surface area (Å²) in [4.78, 5) is 11.5. The van der Waals surface area contributed by atoms with Crippen molar-refractivity contribution >= 4 is 23.1 Å². The van der Waals surface area contributed by atoms with E-state index in [1.807, 2.05) is 13.0 Å². The zero-order valence-corrected chi connectivity index (χ0v) is 11.5. The summed E-state index contributed by atoms with van der Waals surface area (Å²) in [6.45, 7) is 1.91. The molecule has 0 aliphatic heterocycles. The van der Waals surface area contributed by atoms with Crippen molar-refractivity contribution in [2.45, 2.75) is 17.6 Å². The topological polar surface area (TPSA) is 68.3 Å². The molecular weight excluding hydrogens is 264 g/mol. The van der Waals surface area contributed by atoms with Crippen molar-refractivity contribution in [3.05, 3.63) is 52.0 Å². The Labute approximate surface area is 115 Å². The van der Waals surface area contributed by atoms with Gasteiger partial charge in [-0.05, 0) is 24.6 Å². The number of aryl methyl sites for hydroxylation is 1. The number of nitrogens with zero attached hydrogens (tertiary/aromatic N) is 1. The first-order valence-electron chi connectivity index (χ1n) is 5.73. The van der Waals surface area contributed by atoms with Crippen LogP contribution in [0, 0.1) is 17.0 Å². The van der Waals surface area contributed by atoms with Crippen molar-refractivity contribution in [1.29, 1.82) is 0 Å². The second-order valence-electron chi connectivity index (χ2n) is 3.99. The molecule has 0 saturated heterocycles. The first-order chi connectivity index (χ1) is 9.11. The summed E-state index contributed by atoms with van der Waals surface area (Å²) < 4.78 is 5.23. The molecule has 1 N–H and O–H groups in total. The average molecular weight is 278 g/mol. The summed E-state index contributed by atoms with van der Waals surface area (Å²) in [5, 5.41) is 13.7. The van der Waals surface area contributed by atoms with E-state index in [1.54, 1.807) is 37.2 Å². The highest BCUT2D eigenvalue weighted by Crippen LogP contribution is 2.30. The molecule has 19 heavy (non-hydrogen) atoms. The summed E-state index contributed by atoms with van der Waals surface area (Å²) in [5.74, 6) is 1.63. The molecule has 0 saturated carbocycles. The fraction of sp³-hybridized carbons (Fsp3) is 0.231. The lowest BCUT2D eigenvalue weighted by molar-refractivity contribution is -0.383. The zero-order chi connectivity index (χ0) is 13.8. The highest BCUT2D eigenvalue weighted by Gasteiger charge is 2.13. The predicted molar refractivity (Wildman–Crippen MR) is 75.6 cm³/mol. The van der Waals surface area contributed by atoms with Gasteiger partial charge in [-0.3, -0.25) is 10.1 Å². The van der Waals surface area contributed by atoms with Crippen LogP contribution in [0.2, 0.25) is 0 Å². The lowest BCUT2D eigenvalue weighted by atomic mass is 10.2. The van der Waals surface area contributed by atoms with Crippen molar-refractivity contribution in [2.24, 2.45) is 0 Å². The minimum absolute atomic E-state index is 0.0933. The third-order valence-electron chi connectivity index (χ3n) is 2.73. The number of nitro groups is 1. The fourth-order valence-electron chi connectivity index (χ4n) is 1.72. The molecule has 0 unspecified atom stereocenters. The largest absolute Gasteiger partial charge is 0.468 e. The van der Waals surface area contributed by atoms with Crippen LogP contribution < -0.4 is 5.32 Å². The number of benzene rings is 1. The number of nitrogens with one attached hydrogen (secondary N) is 1. The summed E-state index contributed by atoms with van der Waals surface area (Å²) in [7, 11) is 1.68. The van der Waals surface area contributed by atoms with E-state index in [4.69, 9.17) is 4.42 Å². The minimum atomic E-state index is -0.386. The molecule has 5 nitrogen and oxygen atoms in total. The van der Waals surface area contributed by atoms with Gasteiger partial charge in [0.1, 0.15) is 11.4 Å². The van der Waals surface area contributed by atoms with Crippen molar-refractivity contribution < 1.29 is 9.34 Å². The van der Waals surface area contributed by atoms with Crippen molar-refractivity contribution in [1.82, 2.24) is 0 Å².